The molecule has 2 heterocycles. The van der Waals surface area contributed by atoms with E-state index in [1.54, 1.807) is 0 Å². The molecule has 1 N–H and O–H groups in total. The first-order valence-corrected chi connectivity index (χ1v) is 8.33. The van der Waals surface area contributed by atoms with Crippen LogP contribution >= 0.6 is 11.3 Å². The van der Waals surface area contributed by atoms with E-state index < -0.39 is 0 Å². The van der Waals surface area contributed by atoms with E-state index in [1.807, 2.05) is 16.2 Å². The van der Waals surface area contributed by atoms with Crippen molar-refractivity contribution in [2.45, 2.75) is 32.9 Å². The van der Waals surface area contributed by atoms with Gasteiger partial charge in [0.2, 0.25) is 5.91 Å². The van der Waals surface area contributed by atoms with E-state index in [1.165, 1.54) is 4.88 Å². The van der Waals surface area contributed by atoms with Crippen LogP contribution in [0.4, 0.5) is 0 Å². The molecule has 1 atom stereocenters. The number of hydrogen-bond acceptors (Lipinski definition) is 4. The van der Waals surface area contributed by atoms with Gasteiger partial charge in [0.25, 0.3) is 0 Å². The number of carbonyl (C=O) groups excluding carboxylic acids is 1. The fraction of sp³-hybridized carbons (Fsp3) is 0.667. The van der Waals surface area contributed by atoms with Crippen molar-refractivity contribution in [2.24, 2.45) is 0 Å². The molecule has 5 heteroatoms. The molecule has 4 nitrogen and oxygen atoms in total. The van der Waals surface area contributed by atoms with Crippen LogP contribution in [0.15, 0.2) is 17.5 Å². The predicted molar refractivity (Wildman–Crippen MR) is 83.9 cm³/mol. The Labute approximate surface area is 125 Å². The maximum atomic E-state index is 12.2. The van der Waals surface area contributed by atoms with E-state index in [2.05, 4.69) is 41.6 Å². The molecule has 1 aliphatic rings. The number of rotatable bonds is 6. The molecule has 1 fully saturated rings. The second kappa shape index (κ2) is 7.76. The van der Waals surface area contributed by atoms with Crippen LogP contribution in [0.3, 0.4) is 0 Å². The molecule has 1 amide bonds. The molecule has 1 saturated heterocycles. The highest BCUT2D eigenvalue weighted by Gasteiger charge is 2.22. The van der Waals surface area contributed by atoms with Gasteiger partial charge in [0.15, 0.2) is 0 Å². The maximum absolute atomic E-state index is 12.2. The molecule has 1 unspecified atom stereocenters. The Kier molecular flexibility index (Phi) is 6.01. The van der Waals surface area contributed by atoms with Crippen molar-refractivity contribution in [1.82, 2.24) is 15.1 Å². The van der Waals surface area contributed by atoms with Crippen molar-refractivity contribution < 1.29 is 4.79 Å². The number of amides is 1. The average molecular weight is 295 g/mol. The largest absolute Gasteiger partial charge is 0.340 e. The second-order valence-electron chi connectivity index (χ2n) is 5.40. The topological polar surface area (TPSA) is 35.6 Å². The molecule has 0 aliphatic carbocycles. The lowest BCUT2D eigenvalue weighted by Crippen LogP contribution is -2.49. The molecule has 1 aliphatic heterocycles. The number of nitrogens with zero attached hydrogens (tertiary/aromatic N) is 2. The maximum Gasteiger partial charge on any atom is 0.224 e. The Morgan fingerprint density at radius 1 is 1.40 bits per heavy atom. The highest BCUT2D eigenvalue weighted by molar-refractivity contribution is 7.09. The van der Waals surface area contributed by atoms with E-state index in [0.717, 1.165) is 39.3 Å². The fourth-order valence-electron chi connectivity index (χ4n) is 2.59. The Bertz CT molecular complexity index is 399. The van der Waals surface area contributed by atoms with Crippen LogP contribution < -0.4 is 5.32 Å². The van der Waals surface area contributed by atoms with E-state index >= 15 is 0 Å². The first-order chi connectivity index (χ1) is 9.69. The number of hydrogen-bond donors (Lipinski definition) is 1. The third-order valence-electron chi connectivity index (χ3n) is 3.72. The summed E-state index contributed by atoms with van der Waals surface area (Å²) in [4.78, 5) is 18.0. The molecule has 1 aromatic heterocycles. The van der Waals surface area contributed by atoms with E-state index in [-0.39, 0.29) is 11.9 Å². The zero-order valence-electron chi connectivity index (χ0n) is 12.5. The first kappa shape index (κ1) is 15.5. The molecule has 2 rings (SSSR count). The van der Waals surface area contributed by atoms with Crippen LogP contribution in [0, 0.1) is 0 Å². The zero-order valence-corrected chi connectivity index (χ0v) is 13.3. The molecular weight excluding hydrogens is 270 g/mol. The third-order valence-corrected chi connectivity index (χ3v) is 4.58. The van der Waals surface area contributed by atoms with Gasteiger partial charge in [0.1, 0.15) is 0 Å². The predicted octanol–water partition coefficient (Wildman–Crippen LogP) is 1.78. The lowest BCUT2D eigenvalue weighted by atomic mass is 10.2. The minimum atomic E-state index is 0.275. The summed E-state index contributed by atoms with van der Waals surface area (Å²) < 4.78 is 0. The zero-order chi connectivity index (χ0) is 14.4. The van der Waals surface area contributed by atoms with Gasteiger partial charge in [0.05, 0.1) is 0 Å². The Hall–Kier alpha value is -0.910. The minimum absolute atomic E-state index is 0.275. The van der Waals surface area contributed by atoms with E-state index in [0.29, 0.717) is 6.42 Å². The molecule has 0 spiro atoms. The van der Waals surface area contributed by atoms with Gasteiger partial charge in [-0.25, -0.2) is 0 Å². The number of thiophene rings is 1. The van der Waals surface area contributed by atoms with Gasteiger partial charge < -0.3 is 10.2 Å². The normalized spacial score (nSPS) is 18.2. The van der Waals surface area contributed by atoms with Gasteiger partial charge in [-0.05, 0) is 24.9 Å². The molecule has 0 saturated carbocycles. The van der Waals surface area contributed by atoms with E-state index in [4.69, 9.17) is 0 Å². The SMILES string of the molecule is CCNC(C)CC(=O)N1CCN(Cc2cccs2)CC1. The summed E-state index contributed by atoms with van der Waals surface area (Å²) in [5.41, 5.74) is 0. The molecule has 0 aromatic carbocycles. The highest BCUT2D eigenvalue weighted by atomic mass is 32.1. The summed E-state index contributed by atoms with van der Waals surface area (Å²) in [5, 5.41) is 5.42. The van der Waals surface area contributed by atoms with Gasteiger partial charge in [-0.3, -0.25) is 9.69 Å². The fourth-order valence-corrected chi connectivity index (χ4v) is 3.34. The number of piperazine rings is 1. The van der Waals surface area contributed by atoms with Crippen molar-refractivity contribution in [3.05, 3.63) is 22.4 Å². The summed E-state index contributed by atoms with van der Waals surface area (Å²) in [6, 6.07) is 4.55. The Balaban J connectivity index is 1.72. The van der Waals surface area contributed by atoms with Gasteiger partial charge in [0, 0.05) is 50.1 Å². The second-order valence-corrected chi connectivity index (χ2v) is 6.43. The van der Waals surface area contributed by atoms with Gasteiger partial charge >= 0.3 is 0 Å². The van der Waals surface area contributed by atoms with Gasteiger partial charge in [-0.1, -0.05) is 13.0 Å². The molecule has 112 valence electrons. The number of carbonyl (C=O) groups is 1. The van der Waals surface area contributed by atoms with Crippen molar-refractivity contribution in [3.63, 3.8) is 0 Å². The Morgan fingerprint density at radius 3 is 2.75 bits per heavy atom. The third kappa shape index (κ3) is 4.58. The van der Waals surface area contributed by atoms with Crippen LogP contribution in [0.25, 0.3) is 0 Å². The Morgan fingerprint density at radius 2 is 2.15 bits per heavy atom. The quantitative estimate of drug-likeness (QED) is 0.869. The van der Waals surface area contributed by atoms with Crippen molar-refractivity contribution in [3.8, 4) is 0 Å². The summed E-state index contributed by atoms with van der Waals surface area (Å²) in [7, 11) is 0. The summed E-state index contributed by atoms with van der Waals surface area (Å²) in [5.74, 6) is 0.286. The van der Waals surface area contributed by atoms with Crippen LogP contribution in [-0.4, -0.2) is 54.5 Å². The lowest BCUT2D eigenvalue weighted by Gasteiger charge is -2.35. The van der Waals surface area contributed by atoms with E-state index in [9.17, 15) is 4.79 Å². The standard InChI is InChI=1S/C15H25N3OS/c1-3-16-13(2)11-15(19)18-8-6-17(7-9-18)12-14-5-4-10-20-14/h4-5,10,13,16H,3,6-9,11-12H2,1-2H3. The molecule has 20 heavy (non-hydrogen) atoms. The minimum Gasteiger partial charge on any atom is -0.340 e. The van der Waals surface area contributed by atoms with Crippen molar-refractivity contribution in [2.75, 3.05) is 32.7 Å². The molecule has 1 aromatic rings. The van der Waals surface area contributed by atoms with Crippen LogP contribution in [0.2, 0.25) is 0 Å². The molecule has 0 radical (unpaired) electrons. The molecule has 0 bridgehead atoms. The summed E-state index contributed by atoms with van der Waals surface area (Å²) in [6.07, 6.45) is 0.610. The number of nitrogens with one attached hydrogen (secondary N) is 1. The van der Waals surface area contributed by atoms with Crippen LogP contribution in [0.1, 0.15) is 25.1 Å². The first-order valence-electron chi connectivity index (χ1n) is 7.45. The van der Waals surface area contributed by atoms with Gasteiger partial charge in [-0.2, -0.15) is 0 Å². The smallest absolute Gasteiger partial charge is 0.224 e. The highest BCUT2D eigenvalue weighted by Crippen LogP contribution is 2.14. The molecular formula is C15H25N3OS. The van der Waals surface area contributed by atoms with Crippen LogP contribution in [0.5, 0.6) is 0 Å². The van der Waals surface area contributed by atoms with Crippen molar-refractivity contribution in [1.29, 1.82) is 0 Å². The summed E-state index contributed by atoms with van der Waals surface area (Å²) in [6.45, 7) is 9.79. The average Bonchev–Trinajstić information content (AvgIpc) is 2.92. The van der Waals surface area contributed by atoms with Crippen molar-refractivity contribution >= 4 is 17.2 Å². The lowest BCUT2D eigenvalue weighted by molar-refractivity contribution is -0.133. The monoisotopic (exact) mass is 295 g/mol. The van der Waals surface area contributed by atoms with Crippen LogP contribution in [-0.2, 0) is 11.3 Å². The van der Waals surface area contributed by atoms with Gasteiger partial charge in [-0.15, -0.1) is 11.3 Å². The summed E-state index contributed by atoms with van der Waals surface area (Å²) >= 11 is 1.81.